The number of hydrogen-bond donors (Lipinski definition) is 2. The molecule has 3 nitrogen and oxygen atoms in total. The number of aromatic amines is 1. The molecule has 0 unspecified atom stereocenters. The second kappa shape index (κ2) is 3.98. The molecule has 0 fully saturated rings. The van der Waals surface area contributed by atoms with E-state index in [-0.39, 0.29) is 5.75 Å². The average molecular weight is 228 g/mol. The van der Waals surface area contributed by atoms with Crippen LogP contribution < -0.4 is 5.56 Å². The third-order valence-electron chi connectivity index (χ3n) is 1.18. The number of hydrogen-bond acceptors (Lipinski definition) is 2. The summed E-state index contributed by atoms with van der Waals surface area (Å²) in [6.45, 7) is 0. The predicted octanol–water partition coefficient (Wildman–Crippen LogP) is 0.827. The van der Waals surface area contributed by atoms with Crippen LogP contribution in [0.2, 0.25) is 0 Å². The fraction of sp³-hybridized carbons (Fsp3) is 0.125. The molecule has 0 amide bonds. The third-order valence-corrected chi connectivity index (χ3v) is 1.46. The summed E-state index contributed by atoms with van der Waals surface area (Å²) in [6, 6.07) is 1.33. The van der Waals surface area contributed by atoms with Gasteiger partial charge in [0, 0.05) is 17.8 Å². The van der Waals surface area contributed by atoms with Crippen LogP contribution in [-0.2, 0) is 0 Å². The van der Waals surface area contributed by atoms with Gasteiger partial charge in [0.15, 0.2) is 5.75 Å². The molecule has 1 aromatic rings. The number of aromatic nitrogens is 1. The number of H-pyrrole nitrogens is 1. The fourth-order valence-electron chi connectivity index (χ4n) is 0.679. The summed E-state index contributed by atoms with van der Waals surface area (Å²) in [7, 11) is 0. The van der Waals surface area contributed by atoms with Crippen LogP contribution in [0.5, 0.6) is 5.75 Å². The van der Waals surface area contributed by atoms with Crippen molar-refractivity contribution in [3.8, 4) is 17.6 Å². The number of halogens is 1. The summed E-state index contributed by atoms with van der Waals surface area (Å²) < 4.78 is 0. The summed E-state index contributed by atoms with van der Waals surface area (Å²) in [5.74, 6) is 5.17. The highest BCUT2D eigenvalue weighted by molar-refractivity contribution is 9.09. The van der Waals surface area contributed by atoms with Crippen LogP contribution in [0.15, 0.2) is 17.1 Å². The van der Waals surface area contributed by atoms with Gasteiger partial charge in [0.25, 0.3) is 5.56 Å². The highest BCUT2D eigenvalue weighted by Crippen LogP contribution is 2.01. The fourth-order valence-corrected chi connectivity index (χ4v) is 0.820. The molecule has 0 aliphatic rings. The van der Waals surface area contributed by atoms with Gasteiger partial charge >= 0.3 is 0 Å². The smallest absolute Gasteiger partial charge is 0.290 e. The molecule has 0 aliphatic heterocycles. The van der Waals surface area contributed by atoms with Gasteiger partial charge in [-0.3, -0.25) is 4.79 Å². The van der Waals surface area contributed by atoms with E-state index in [9.17, 15) is 4.79 Å². The monoisotopic (exact) mass is 227 g/mol. The van der Waals surface area contributed by atoms with E-state index in [4.69, 9.17) is 5.11 Å². The van der Waals surface area contributed by atoms with Crippen molar-refractivity contribution in [3.63, 3.8) is 0 Å². The predicted molar refractivity (Wildman–Crippen MR) is 49.4 cm³/mol. The summed E-state index contributed by atoms with van der Waals surface area (Å²) in [4.78, 5) is 13.0. The van der Waals surface area contributed by atoms with Gasteiger partial charge in [-0.25, -0.2) is 0 Å². The van der Waals surface area contributed by atoms with Crippen LogP contribution in [-0.4, -0.2) is 15.4 Å². The SMILES string of the molecule is O=c1[nH]cc(C#CCBr)cc1O. The zero-order valence-corrected chi connectivity index (χ0v) is 7.68. The van der Waals surface area contributed by atoms with Crippen LogP contribution in [0, 0.1) is 11.8 Å². The first kappa shape index (κ1) is 8.88. The maximum absolute atomic E-state index is 10.7. The maximum atomic E-state index is 10.7. The van der Waals surface area contributed by atoms with Crippen molar-refractivity contribution in [1.82, 2.24) is 4.98 Å². The lowest BCUT2D eigenvalue weighted by Gasteiger charge is -1.90. The van der Waals surface area contributed by atoms with Gasteiger partial charge in [0.05, 0.1) is 5.33 Å². The molecular formula is C8H6BrNO2. The molecule has 62 valence electrons. The Morgan fingerprint density at radius 2 is 2.42 bits per heavy atom. The van der Waals surface area contributed by atoms with E-state index in [2.05, 4.69) is 32.8 Å². The lowest BCUT2D eigenvalue weighted by molar-refractivity contribution is 0.466. The summed E-state index contributed by atoms with van der Waals surface area (Å²) in [6.07, 6.45) is 1.46. The number of pyridine rings is 1. The van der Waals surface area contributed by atoms with E-state index in [1.165, 1.54) is 12.3 Å². The van der Waals surface area contributed by atoms with Crippen LogP contribution in [0.1, 0.15) is 5.56 Å². The standard InChI is InChI=1S/C8H6BrNO2/c9-3-1-2-6-4-7(11)8(12)10-5-6/h4-5,11H,3H2,(H,10,12). The number of alkyl halides is 1. The molecule has 12 heavy (non-hydrogen) atoms. The quantitative estimate of drug-likeness (QED) is 0.510. The molecule has 0 saturated heterocycles. The number of aromatic hydroxyl groups is 1. The Balaban J connectivity index is 3.05. The molecular weight excluding hydrogens is 222 g/mol. The molecule has 0 atom stereocenters. The topological polar surface area (TPSA) is 53.1 Å². The second-order valence-electron chi connectivity index (χ2n) is 2.04. The van der Waals surface area contributed by atoms with E-state index < -0.39 is 5.56 Å². The van der Waals surface area contributed by atoms with Gasteiger partial charge < -0.3 is 10.1 Å². The van der Waals surface area contributed by atoms with E-state index >= 15 is 0 Å². The zero-order valence-electron chi connectivity index (χ0n) is 6.10. The minimum atomic E-state index is -0.501. The van der Waals surface area contributed by atoms with E-state index in [0.29, 0.717) is 10.9 Å². The van der Waals surface area contributed by atoms with Gasteiger partial charge in [0.1, 0.15) is 0 Å². The van der Waals surface area contributed by atoms with E-state index in [1.54, 1.807) is 0 Å². The number of rotatable bonds is 0. The van der Waals surface area contributed by atoms with Crippen molar-refractivity contribution < 1.29 is 5.11 Å². The lowest BCUT2D eigenvalue weighted by atomic mass is 10.3. The molecule has 0 saturated carbocycles. The average Bonchev–Trinajstić information content (AvgIpc) is 2.07. The molecule has 1 aromatic heterocycles. The Morgan fingerprint density at radius 1 is 1.67 bits per heavy atom. The minimum absolute atomic E-state index is 0.309. The van der Waals surface area contributed by atoms with Gasteiger partial charge in [-0.15, -0.1) is 0 Å². The van der Waals surface area contributed by atoms with Crippen LogP contribution in [0.4, 0.5) is 0 Å². The molecule has 0 radical (unpaired) electrons. The molecule has 0 aromatic carbocycles. The molecule has 1 heterocycles. The van der Waals surface area contributed by atoms with Gasteiger partial charge in [-0.05, 0) is 0 Å². The van der Waals surface area contributed by atoms with Crippen molar-refractivity contribution in [2.45, 2.75) is 0 Å². The van der Waals surface area contributed by atoms with Crippen LogP contribution in [0.3, 0.4) is 0 Å². The van der Waals surface area contributed by atoms with Gasteiger partial charge in [0.2, 0.25) is 0 Å². The molecule has 0 aliphatic carbocycles. The summed E-state index contributed by atoms with van der Waals surface area (Å²) in [5.41, 5.74) is 0.0888. The Hall–Kier alpha value is -1.21. The lowest BCUT2D eigenvalue weighted by Crippen LogP contribution is -2.03. The molecule has 0 bridgehead atoms. The first-order chi connectivity index (χ1) is 5.74. The maximum Gasteiger partial charge on any atom is 0.290 e. The van der Waals surface area contributed by atoms with E-state index in [1.807, 2.05) is 0 Å². The van der Waals surface area contributed by atoms with Crippen molar-refractivity contribution in [2.24, 2.45) is 0 Å². The zero-order chi connectivity index (χ0) is 8.97. The second-order valence-corrected chi connectivity index (χ2v) is 2.60. The van der Waals surface area contributed by atoms with Gasteiger partial charge in [-0.2, -0.15) is 0 Å². The first-order valence-corrected chi connectivity index (χ1v) is 4.32. The highest BCUT2D eigenvalue weighted by Gasteiger charge is 1.94. The highest BCUT2D eigenvalue weighted by atomic mass is 79.9. The van der Waals surface area contributed by atoms with Crippen LogP contribution >= 0.6 is 15.9 Å². The van der Waals surface area contributed by atoms with Crippen LogP contribution in [0.25, 0.3) is 0 Å². The summed E-state index contributed by atoms with van der Waals surface area (Å²) >= 11 is 3.13. The van der Waals surface area contributed by atoms with E-state index in [0.717, 1.165) is 0 Å². The summed E-state index contributed by atoms with van der Waals surface area (Å²) in [5, 5.41) is 9.54. The number of nitrogens with one attached hydrogen (secondary N) is 1. The Morgan fingerprint density at radius 3 is 3.00 bits per heavy atom. The molecule has 0 spiro atoms. The first-order valence-electron chi connectivity index (χ1n) is 3.20. The molecule has 1 rings (SSSR count). The Labute approximate surface area is 77.6 Å². The minimum Gasteiger partial charge on any atom is -0.503 e. The van der Waals surface area contributed by atoms with Crippen molar-refractivity contribution in [3.05, 3.63) is 28.2 Å². The third kappa shape index (κ3) is 2.14. The largest absolute Gasteiger partial charge is 0.503 e. The van der Waals surface area contributed by atoms with Crippen molar-refractivity contribution in [2.75, 3.05) is 5.33 Å². The van der Waals surface area contributed by atoms with Crippen molar-refractivity contribution >= 4 is 15.9 Å². The Kier molecular flexibility index (Phi) is 2.94. The van der Waals surface area contributed by atoms with Gasteiger partial charge in [-0.1, -0.05) is 27.8 Å². The molecule has 4 heteroatoms. The Bertz CT molecular complexity index is 386. The van der Waals surface area contributed by atoms with Crippen molar-refractivity contribution in [1.29, 1.82) is 0 Å². The molecule has 2 N–H and O–H groups in total. The normalized spacial score (nSPS) is 8.75.